The van der Waals surface area contributed by atoms with Gasteiger partial charge in [-0.25, -0.2) is 0 Å². The zero-order valence-corrected chi connectivity index (χ0v) is 56.9. The molecule has 11 amide bonds. The van der Waals surface area contributed by atoms with Crippen molar-refractivity contribution in [3.05, 3.63) is 71.9 Å². The largest absolute Gasteiger partial charge is 0.394 e. The number of para-hydroxylation sites is 1. The van der Waals surface area contributed by atoms with Gasteiger partial charge in [-0.3, -0.25) is 62.3 Å². The molecule has 5 heterocycles. The quantitative estimate of drug-likeness (QED) is 0.0763. The summed E-state index contributed by atoms with van der Waals surface area (Å²) in [5.74, 6) is -14.5. The summed E-state index contributed by atoms with van der Waals surface area (Å²) < 4.78 is 0. The number of fused-ring (bicyclic) bond motifs is 5. The van der Waals surface area contributed by atoms with Crippen LogP contribution in [0.2, 0.25) is 0 Å². The number of H-pyrrole nitrogens is 1. The lowest BCUT2D eigenvalue weighted by molar-refractivity contribution is -0.147. The second-order valence-corrected chi connectivity index (χ2v) is 27.8. The third-order valence-corrected chi connectivity index (χ3v) is 20.6. The molecule has 0 aliphatic carbocycles. The van der Waals surface area contributed by atoms with Gasteiger partial charge in [0.15, 0.2) is 11.6 Å². The van der Waals surface area contributed by atoms with Crippen LogP contribution in [0.25, 0.3) is 10.9 Å². The van der Waals surface area contributed by atoms with Crippen LogP contribution in [0.5, 0.6) is 0 Å². The summed E-state index contributed by atoms with van der Waals surface area (Å²) in [4.78, 5) is 189. The molecule has 0 spiro atoms. The van der Waals surface area contributed by atoms with Crippen molar-refractivity contribution in [1.29, 1.82) is 0 Å². The number of hydrogen-bond acceptors (Lipinski definition) is 18. The molecule has 0 radical (unpaired) electrons. The maximum absolute atomic E-state index is 15.2. The van der Waals surface area contributed by atoms with Crippen LogP contribution < -0.4 is 47.9 Å². The Labute approximate surface area is 565 Å². The van der Waals surface area contributed by atoms with E-state index in [0.29, 0.717) is 51.3 Å². The monoisotopic (exact) mass is 1370 g/mol. The summed E-state index contributed by atoms with van der Waals surface area (Å²) in [6.45, 7) is 12.4. The van der Waals surface area contributed by atoms with Gasteiger partial charge in [0.1, 0.15) is 29.7 Å². The number of Topliss-reactive ketones (excluding diaryl/α,β-unsaturated/α-hetero) is 2. The number of nitrogens with one attached hydrogen (secondary N) is 10. The summed E-state index contributed by atoms with van der Waals surface area (Å²) in [6.07, 6.45) is -3.13. The Hall–Kier alpha value is -8.19. The van der Waals surface area contributed by atoms with Gasteiger partial charge in [0.25, 0.3) is 0 Å². The van der Waals surface area contributed by atoms with E-state index < -0.39 is 188 Å². The molecular formula is C66H90N12O16S2. The maximum Gasteiger partial charge on any atom is 0.246 e. The van der Waals surface area contributed by atoms with E-state index in [0.717, 1.165) is 16.7 Å². The van der Waals surface area contributed by atoms with Crippen molar-refractivity contribution in [2.75, 3.05) is 50.1 Å². The lowest BCUT2D eigenvalue weighted by Gasteiger charge is -2.39. The van der Waals surface area contributed by atoms with E-state index in [-0.39, 0.29) is 55.2 Å². The summed E-state index contributed by atoms with van der Waals surface area (Å²) in [5, 5.41) is 57.6. The number of anilines is 1. The number of nitrogens with zero attached hydrogens (tertiary/aromatic N) is 2. The fourth-order valence-electron chi connectivity index (χ4n) is 12.1. The smallest absolute Gasteiger partial charge is 0.246 e. The van der Waals surface area contributed by atoms with E-state index in [9.17, 15) is 63.3 Å². The average molecular weight is 1370 g/mol. The first-order chi connectivity index (χ1) is 45.5. The van der Waals surface area contributed by atoms with Crippen LogP contribution in [0.1, 0.15) is 105 Å². The molecular weight excluding hydrogens is 1280 g/mol. The van der Waals surface area contributed by atoms with E-state index in [4.69, 9.17) is 0 Å². The zero-order valence-electron chi connectivity index (χ0n) is 55.3. The van der Waals surface area contributed by atoms with Gasteiger partial charge in [-0.15, -0.1) is 11.8 Å². The second-order valence-electron chi connectivity index (χ2n) is 25.7. The highest BCUT2D eigenvalue weighted by molar-refractivity contribution is 7.99. The molecule has 522 valence electrons. The number of benzene rings is 2. The van der Waals surface area contributed by atoms with Crippen molar-refractivity contribution in [2.24, 2.45) is 29.6 Å². The van der Waals surface area contributed by atoms with Crippen LogP contribution in [0.4, 0.5) is 5.69 Å². The highest BCUT2D eigenvalue weighted by Crippen LogP contribution is 2.36. The Bertz CT molecular complexity index is 3460. The van der Waals surface area contributed by atoms with Gasteiger partial charge in [0.05, 0.1) is 54.1 Å². The molecule has 4 aliphatic heterocycles. The molecule has 3 aromatic rings. The minimum atomic E-state index is -2.11. The Balaban J connectivity index is 1.14. The molecule has 28 nitrogen and oxygen atoms in total. The number of aromatic nitrogens is 1. The number of aliphatic hydroxyl groups excluding tert-OH is 3. The van der Waals surface area contributed by atoms with Gasteiger partial charge < -0.3 is 78.0 Å². The summed E-state index contributed by atoms with van der Waals surface area (Å²) in [5.41, 5.74) is 0.405. The molecule has 1 aromatic heterocycles. The fraction of sp³-hybridized carbons (Fsp3) is 0.561. The average Bonchev–Trinajstić information content (AvgIpc) is 1.67. The van der Waals surface area contributed by atoms with Crippen molar-refractivity contribution in [1.82, 2.24) is 57.3 Å². The minimum Gasteiger partial charge on any atom is -0.394 e. The molecule has 13 N–H and O–H groups in total. The highest BCUT2D eigenvalue weighted by Gasteiger charge is 2.49. The fourth-order valence-corrected chi connectivity index (χ4v) is 14.0. The second kappa shape index (κ2) is 33.7. The molecule has 2 unspecified atom stereocenters. The Morgan fingerprint density at radius 2 is 1.51 bits per heavy atom. The van der Waals surface area contributed by atoms with E-state index in [1.165, 1.54) is 37.4 Å². The maximum atomic E-state index is 15.2. The van der Waals surface area contributed by atoms with Crippen LogP contribution in [0.15, 0.2) is 65.8 Å². The lowest BCUT2D eigenvalue weighted by Crippen LogP contribution is -2.63. The van der Waals surface area contributed by atoms with Crippen LogP contribution >= 0.6 is 23.5 Å². The molecule has 30 heteroatoms. The van der Waals surface area contributed by atoms with Crippen molar-refractivity contribution in [3.63, 3.8) is 0 Å². The Morgan fingerprint density at radius 1 is 0.833 bits per heavy atom. The molecule has 2 saturated heterocycles. The zero-order chi connectivity index (χ0) is 70.5. The molecule has 4 aliphatic rings. The van der Waals surface area contributed by atoms with Gasteiger partial charge in [-0.2, -0.15) is 11.8 Å². The van der Waals surface area contributed by atoms with Crippen LogP contribution in [-0.2, 0) is 75.3 Å². The molecule has 0 saturated carbocycles. The number of carbonyl (C=O) groups is 13. The molecule has 2 fully saturated rings. The summed E-state index contributed by atoms with van der Waals surface area (Å²) in [6, 6.07) is 6.99. The number of ketones is 2. The Kier molecular flexibility index (Phi) is 26.4. The van der Waals surface area contributed by atoms with E-state index in [1.807, 2.05) is 6.26 Å². The van der Waals surface area contributed by atoms with Crippen molar-refractivity contribution in [3.8, 4) is 0 Å². The standard InChI is InChI=1S/C66H90N12O16S2/c1-10-34(4)58-62(92)69-28-54(86)72-46-32-96-64-44(43-13-11-12-14-45(43)73-64)21-39(60(90)68-29-55(87)75-58)23-51(83)66(8,35(5)49(82)31-79)76-61(91)47-25-42(80)30-78(47)65(94)40(22-48(46)81)24-53(85)67-27-38-15-17-41(18-16-38)71-59(89)36(6)70-63(93)57(33(2)3)74-52(84)19-20-77-37(7)50(95-9)26-56(77)88/h11-18,33-36,39-40,42,46-47,49-50,57-58,73,79-80,82H,7,10,19-32H2,1-6,8-9H3,(H,67,85)(H,68,90)(H,69,92)(H,70,93)(H,71,89)(H,72,86)(H,74,84)(H,75,87)(H,76,91)/t34-,35-,36-,39-,40-,42+,46-,47-,49-,50?,57?,58-,66-/m0/s1. The molecule has 13 atom stereocenters. The minimum absolute atomic E-state index is 0.0667. The van der Waals surface area contributed by atoms with Gasteiger partial charge in [0, 0.05) is 98.0 Å². The lowest BCUT2D eigenvalue weighted by atomic mass is 9.76. The van der Waals surface area contributed by atoms with Gasteiger partial charge in [0.2, 0.25) is 65.0 Å². The van der Waals surface area contributed by atoms with Crippen LogP contribution in [-0.4, -0.2) is 205 Å². The van der Waals surface area contributed by atoms with Gasteiger partial charge >= 0.3 is 0 Å². The number of amides is 11. The van der Waals surface area contributed by atoms with Gasteiger partial charge in [-0.05, 0) is 67.7 Å². The summed E-state index contributed by atoms with van der Waals surface area (Å²) >= 11 is 2.56. The first-order valence-corrected chi connectivity index (χ1v) is 34.5. The number of hydrogen-bond donors (Lipinski definition) is 13. The number of aliphatic hydroxyl groups is 3. The molecule has 2 bridgehead atoms. The van der Waals surface area contributed by atoms with Crippen molar-refractivity contribution < 1.29 is 77.6 Å². The summed E-state index contributed by atoms with van der Waals surface area (Å²) in [7, 11) is 0. The molecule has 96 heavy (non-hydrogen) atoms. The van der Waals surface area contributed by atoms with E-state index in [1.54, 1.807) is 76.2 Å². The van der Waals surface area contributed by atoms with Crippen molar-refractivity contribution in [2.45, 2.75) is 165 Å². The first-order valence-electron chi connectivity index (χ1n) is 32.3. The normalized spacial score (nSPS) is 25.3. The highest BCUT2D eigenvalue weighted by atomic mass is 32.2. The predicted molar refractivity (Wildman–Crippen MR) is 357 cm³/mol. The first kappa shape index (κ1) is 75.2. The van der Waals surface area contributed by atoms with E-state index >= 15 is 14.4 Å². The number of carbonyl (C=O) groups excluding carboxylic acids is 13. The van der Waals surface area contributed by atoms with E-state index in [2.05, 4.69) is 59.4 Å². The number of likely N-dealkylation sites (tertiary alicyclic amines) is 1. The number of rotatable bonds is 19. The van der Waals surface area contributed by atoms with Gasteiger partial charge in [-0.1, -0.05) is 78.0 Å². The predicted octanol–water partition coefficient (Wildman–Crippen LogP) is 0.213. The SMILES string of the molecule is C=C1C(SC)CC(=O)N1CCC(=O)NC(C(=O)N[C@@H](C)C(=O)Nc1ccc(CNC(=O)C[C@@H]2CC(=O)[C@@H]3CSc4[nH]c5ccccc5c4C[C@@H](CC(=O)[C@](C)([C@@H](C)[C@@H](O)CO)NC(=O)[C@@H]4C[C@@H](O)CN4C2=O)C(=O)NCC(=O)N[C@@H]([C@@H](C)CC)C(=O)NCC(=O)N3)cc1)C(C)C. The molecule has 2 aromatic carbocycles. The van der Waals surface area contributed by atoms with Crippen molar-refractivity contribution >= 4 is 117 Å². The topological polar surface area (TPSA) is 413 Å². The molecule has 7 rings (SSSR count). The number of aromatic amines is 1. The van der Waals surface area contributed by atoms with Crippen LogP contribution in [0.3, 0.4) is 0 Å². The number of thioether (sulfide) groups is 2. The third-order valence-electron chi connectivity index (χ3n) is 18.5. The third kappa shape index (κ3) is 18.9. The Morgan fingerprint density at radius 3 is 2.17 bits per heavy atom. The van der Waals surface area contributed by atoms with Crippen LogP contribution in [0, 0.1) is 29.6 Å².